The highest BCUT2D eigenvalue weighted by atomic mass is 32.1. The van der Waals surface area contributed by atoms with Crippen molar-refractivity contribution >= 4 is 24.4 Å². The number of rotatable bonds is 1. The van der Waals surface area contributed by atoms with Crippen molar-refractivity contribution in [3.8, 4) is 0 Å². The maximum absolute atomic E-state index is 12.2. The number of hydrogen-bond acceptors (Lipinski definition) is 3. The molecule has 0 aromatic heterocycles. The molecule has 0 spiro atoms. The fourth-order valence-electron chi connectivity index (χ4n) is 2.01. The van der Waals surface area contributed by atoms with E-state index < -0.39 is 0 Å². The summed E-state index contributed by atoms with van der Waals surface area (Å²) in [6.07, 6.45) is 0. The molecule has 2 rings (SSSR count). The number of carbonyl (C=O) groups excluding carboxylic acids is 2. The van der Waals surface area contributed by atoms with Gasteiger partial charge in [-0.15, -0.1) is 12.6 Å². The van der Waals surface area contributed by atoms with Crippen molar-refractivity contribution in [2.75, 3.05) is 26.2 Å². The standard InChI is InChI=1S/C13H16N2O2S/c1-10(16)14-6-8-15(9-7-14)13(17)11-2-4-12(18)5-3-11/h2-5,18H,6-9H2,1H3. The lowest BCUT2D eigenvalue weighted by molar-refractivity contribution is -0.130. The molecule has 0 saturated carbocycles. The molecule has 1 saturated heterocycles. The van der Waals surface area contributed by atoms with Gasteiger partial charge in [0.25, 0.3) is 5.91 Å². The van der Waals surface area contributed by atoms with Gasteiger partial charge in [-0.25, -0.2) is 0 Å². The summed E-state index contributed by atoms with van der Waals surface area (Å²) in [5, 5.41) is 0. The first-order chi connectivity index (χ1) is 8.58. The molecule has 1 aromatic carbocycles. The van der Waals surface area contributed by atoms with Gasteiger partial charge in [0, 0.05) is 43.6 Å². The molecule has 0 bridgehead atoms. The van der Waals surface area contributed by atoms with Gasteiger partial charge in [-0.1, -0.05) is 0 Å². The predicted octanol–water partition coefficient (Wildman–Crippen LogP) is 1.28. The van der Waals surface area contributed by atoms with Gasteiger partial charge in [0.05, 0.1) is 0 Å². The summed E-state index contributed by atoms with van der Waals surface area (Å²) < 4.78 is 0. The molecule has 2 amide bonds. The van der Waals surface area contributed by atoms with E-state index in [1.807, 2.05) is 12.1 Å². The number of thiol groups is 1. The summed E-state index contributed by atoms with van der Waals surface area (Å²) in [4.78, 5) is 27.8. The highest BCUT2D eigenvalue weighted by molar-refractivity contribution is 7.80. The Morgan fingerprint density at radius 3 is 2.00 bits per heavy atom. The van der Waals surface area contributed by atoms with E-state index in [1.165, 1.54) is 0 Å². The molecule has 0 atom stereocenters. The summed E-state index contributed by atoms with van der Waals surface area (Å²) in [7, 11) is 0. The molecule has 0 unspecified atom stereocenters. The average Bonchev–Trinajstić information content (AvgIpc) is 2.39. The van der Waals surface area contributed by atoms with E-state index in [9.17, 15) is 9.59 Å². The van der Waals surface area contributed by atoms with Crippen molar-refractivity contribution < 1.29 is 9.59 Å². The first kappa shape index (κ1) is 13.0. The molecular formula is C13H16N2O2S. The van der Waals surface area contributed by atoms with Gasteiger partial charge in [-0.2, -0.15) is 0 Å². The van der Waals surface area contributed by atoms with Crippen molar-refractivity contribution in [3.05, 3.63) is 29.8 Å². The van der Waals surface area contributed by atoms with E-state index in [4.69, 9.17) is 0 Å². The maximum atomic E-state index is 12.2. The Morgan fingerprint density at radius 1 is 1.00 bits per heavy atom. The molecule has 1 aromatic rings. The van der Waals surface area contributed by atoms with Crippen molar-refractivity contribution in [2.45, 2.75) is 11.8 Å². The lowest BCUT2D eigenvalue weighted by Crippen LogP contribution is -2.50. The van der Waals surface area contributed by atoms with E-state index in [-0.39, 0.29) is 11.8 Å². The second-order valence-corrected chi connectivity index (χ2v) is 4.86. The van der Waals surface area contributed by atoms with Crippen LogP contribution in [0.1, 0.15) is 17.3 Å². The third-order valence-electron chi connectivity index (χ3n) is 3.13. The summed E-state index contributed by atoms with van der Waals surface area (Å²) in [6.45, 7) is 3.99. The van der Waals surface area contributed by atoms with E-state index in [2.05, 4.69) is 12.6 Å². The number of carbonyl (C=O) groups is 2. The highest BCUT2D eigenvalue weighted by Gasteiger charge is 2.22. The largest absolute Gasteiger partial charge is 0.339 e. The predicted molar refractivity (Wildman–Crippen MR) is 71.9 cm³/mol. The zero-order chi connectivity index (χ0) is 13.1. The van der Waals surface area contributed by atoms with Gasteiger partial charge in [-0.3, -0.25) is 9.59 Å². The van der Waals surface area contributed by atoms with Crippen LogP contribution in [0.2, 0.25) is 0 Å². The molecule has 0 N–H and O–H groups in total. The van der Waals surface area contributed by atoms with Crippen LogP contribution in [-0.4, -0.2) is 47.8 Å². The van der Waals surface area contributed by atoms with E-state index >= 15 is 0 Å². The van der Waals surface area contributed by atoms with Crippen LogP contribution in [0.3, 0.4) is 0 Å². The molecular weight excluding hydrogens is 248 g/mol. The topological polar surface area (TPSA) is 40.6 Å². The monoisotopic (exact) mass is 264 g/mol. The number of amides is 2. The Kier molecular flexibility index (Phi) is 3.91. The van der Waals surface area contributed by atoms with E-state index in [1.54, 1.807) is 28.9 Å². The van der Waals surface area contributed by atoms with E-state index in [0.29, 0.717) is 31.7 Å². The molecule has 18 heavy (non-hydrogen) atoms. The molecule has 5 heteroatoms. The minimum absolute atomic E-state index is 0.0199. The third kappa shape index (κ3) is 2.85. The van der Waals surface area contributed by atoms with Crippen molar-refractivity contribution in [1.29, 1.82) is 0 Å². The van der Waals surface area contributed by atoms with Crippen molar-refractivity contribution in [1.82, 2.24) is 9.80 Å². The summed E-state index contributed by atoms with van der Waals surface area (Å²) in [5.74, 6) is 0.0908. The number of nitrogens with zero attached hydrogens (tertiary/aromatic N) is 2. The quantitative estimate of drug-likeness (QED) is 0.776. The SMILES string of the molecule is CC(=O)N1CCN(C(=O)c2ccc(S)cc2)CC1. The molecule has 96 valence electrons. The average molecular weight is 264 g/mol. The zero-order valence-electron chi connectivity index (χ0n) is 10.3. The normalized spacial score (nSPS) is 15.7. The maximum Gasteiger partial charge on any atom is 0.253 e. The molecule has 1 heterocycles. The minimum atomic E-state index is 0.0199. The second kappa shape index (κ2) is 5.44. The van der Waals surface area contributed by atoms with Gasteiger partial charge in [0.2, 0.25) is 5.91 Å². The fraction of sp³-hybridized carbons (Fsp3) is 0.385. The van der Waals surface area contributed by atoms with Crippen LogP contribution >= 0.6 is 12.6 Å². The van der Waals surface area contributed by atoms with Gasteiger partial charge in [0.1, 0.15) is 0 Å². The van der Waals surface area contributed by atoms with Crippen molar-refractivity contribution in [2.24, 2.45) is 0 Å². The first-order valence-electron chi connectivity index (χ1n) is 5.92. The third-order valence-corrected chi connectivity index (χ3v) is 3.42. The Morgan fingerprint density at radius 2 is 1.50 bits per heavy atom. The zero-order valence-corrected chi connectivity index (χ0v) is 11.2. The van der Waals surface area contributed by atoms with Crippen LogP contribution in [0.15, 0.2) is 29.2 Å². The summed E-state index contributed by atoms with van der Waals surface area (Å²) in [6, 6.07) is 7.17. The Bertz CT molecular complexity index is 451. The van der Waals surface area contributed by atoms with Gasteiger partial charge in [0.15, 0.2) is 0 Å². The fourth-order valence-corrected chi connectivity index (χ4v) is 2.16. The molecule has 0 aliphatic carbocycles. The second-order valence-electron chi connectivity index (χ2n) is 4.35. The van der Waals surface area contributed by atoms with Crippen LogP contribution in [-0.2, 0) is 4.79 Å². The lowest BCUT2D eigenvalue weighted by Gasteiger charge is -2.34. The Hall–Kier alpha value is -1.49. The molecule has 1 aliphatic heterocycles. The van der Waals surface area contributed by atoms with Crippen LogP contribution in [0.25, 0.3) is 0 Å². The Labute approximate surface area is 112 Å². The van der Waals surface area contributed by atoms with Crippen LogP contribution in [0.5, 0.6) is 0 Å². The van der Waals surface area contributed by atoms with Crippen LogP contribution < -0.4 is 0 Å². The number of piperazine rings is 1. The van der Waals surface area contributed by atoms with Crippen LogP contribution in [0.4, 0.5) is 0 Å². The molecule has 0 radical (unpaired) electrons. The molecule has 1 aliphatic rings. The van der Waals surface area contributed by atoms with Crippen LogP contribution in [0, 0.1) is 0 Å². The van der Waals surface area contributed by atoms with E-state index in [0.717, 1.165) is 4.90 Å². The number of benzene rings is 1. The van der Waals surface area contributed by atoms with Gasteiger partial charge < -0.3 is 9.80 Å². The van der Waals surface area contributed by atoms with Gasteiger partial charge >= 0.3 is 0 Å². The van der Waals surface area contributed by atoms with Gasteiger partial charge in [-0.05, 0) is 24.3 Å². The number of hydrogen-bond donors (Lipinski definition) is 1. The molecule has 4 nitrogen and oxygen atoms in total. The smallest absolute Gasteiger partial charge is 0.253 e. The summed E-state index contributed by atoms with van der Waals surface area (Å²) in [5.41, 5.74) is 0.670. The summed E-state index contributed by atoms with van der Waals surface area (Å²) >= 11 is 4.19. The van der Waals surface area contributed by atoms with Crippen molar-refractivity contribution in [3.63, 3.8) is 0 Å². The molecule has 1 fully saturated rings. The Balaban J connectivity index is 1.99. The lowest BCUT2D eigenvalue weighted by atomic mass is 10.2. The highest BCUT2D eigenvalue weighted by Crippen LogP contribution is 2.12. The minimum Gasteiger partial charge on any atom is -0.339 e. The first-order valence-corrected chi connectivity index (χ1v) is 6.36.